The topological polar surface area (TPSA) is 112 Å². The highest BCUT2D eigenvalue weighted by atomic mass is 32.2. The molecule has 1 aliphatic rings. The number of carbonyl (C=O) groups excluding carboxylic acids is 3. The molecule has 2 amide bonds. The quantitative estimate of drug-likeness (QED) is 0.723. The van der Waals surface area contributed by atoms with E-state index in [4.69, 9.17) is 5.14 Å². The third-order valence-electron chi connectivity index (χ3n) is 3.30. The fourth-order valence-electron chi connectivity index (χ4n) is 2.26. The summed E-state index contributed by atoms with van der Waals surface area (Å²) in [5.74, 6) is -2.08. The summed E-state index contributed by atoms with van der Waals surface area (Å²) in [6.07, 6.45) is -0.0756. The average molecular weight is 309 g/mol. The number of benzene rings is 1. The summed E-state index contributed by atoms with van der Waals surface area (Å²) < 4.78 is 22.4. The average Bonchev–Trinajstić information content (AvgIpc) is 2.64. The first-order valence-corrected chi connectivity index (χ1v) is 7.78. The summed E-state index contributed by atoms with van der Waals surface area (Å²) in [6, 6.07) is 6.13. The van der Waals surface area contributed by atoms with Crippen molar-refractivity contribution in [2.45, 2.75) is 18.6 Å². The molecule has 1 aromatic rings. The first-order valence-electron chi connectivity index (χ1n) is 6.23. The molecule has 2 rings (SSSR count). The zero-order valence-electron chi connectivity index (χ0n) is 11.2. The molecule has 1 aliphatic heterocycles. The Labute approximate surface area is 121 Å². The summed E-state index contributed by atoms with van der Waals surface area (Å²) in [4.78, 5) is 36.8. The van der Waals surface area contributed by atoms with E-state index >= 15 is 0 Å². The van der Waals surface area contributed by atoms with Crippen molar-refractivity contribution in [1.82, 2.24) is 10.0 Å². The Balaban J connectivity index is 2.25. The lowest BCUT2D eigenvalue weighted by Gasteiger charge is -2.16. The van der Waals surface area contributed by atoms with Gasteiger partial charge in [0.1, 0.15) is 5.25 Å². The van der Waals surface area contributed by atoms with Crippen LogP contribution in [-0.2, 0) is 14.8 Å². The van der Waals surface area contributed by atoms with Gasteiger partial charge < -0.3 is 0 Å². The highest BCUT2D eigenvalue weighted by Gasteiger charge is 2.39. The van der Waals surface area contributed by atoms with Gasteiger partial charge in [0.2, 0.25) is 10.0 Å². The van der Waals surface area contributed by atoms with Crippen LogP contribution in [-0.4, -0.2) is 42.7 Å². The van der Waals surface area contributed by atoms with E-state index in [1.807, 2.05) is 0 Å². The highest BCUT2D eigenvalue weighted by Crippen LogP contribution is 2.22. The van der Waals surface area contributed by atoms with Gasteiger partial charge in [-0.1, -0.05) is 19.1 Å². The number of rotatable bonds is 5. The summed E-state index contributed by atoms with van der Waals surface area (Å²) >= 11 is 0. The molecule has 1 heterocycles. The first-order chi connectivity index (χ1) is 9.77. The molecular weight excluding hydrogens is 296 g/mol. The zero-order valence-corrected chi connectivity index (χ0v) is 12.0. The van der Waals surface area contributed by atoms with Crippen LogP contribution >= 0.6 is 0 Å². The molecule has 0 aromatic heterocycles. The molecule has 111 valence electrons. The van der Waals surface area contributed by atoms with Crippen molar-refractivity contribution in [3.05, 3.63) is 35.4 Å². The molecule has 1 unspecified atom stereocenters. The van der Waals surface area contributed by atoms with Gasteiger partial charge in [-0.05, 0) is 18.6 Å². The summed E-state index contributed by atoms with van der Waals surface area (Å²) in [5.41, 5.74) is 0.383. The lowest BCUT2D eigenvalue weighted by molar-refractivity contribution is -0.119. The maximum absolute atomic E-state index is 12.1. The zero-order chi connectivity index (χ0) is 15.8. The van der Waals surface area contributed by atoms with E-state index < -0.39 is 39.4 Å². The maximum atomic E-state index is 12.1. The largest absolute Gasteiger partial charge is 0.296 e. The third kappa shape index (κ3) is 2.72. The Morgan fingerprint density at radius 1 is 1.19 bits per heavy atom. The van der Waals surface area contributed by atoms with Gasteiger partial charge in [-0.15, -0.1) is 5.14 Å². The number of ketones is 1. The second-order valence-corrected chi connectivity index (χ2v) is 6.31. The number of nitrogens with one attached hydrogen (secondary N) is 1. The van der Waals surface area contributed by atoms with E-state index in [-0.39, 0.29) is 17.5 Å². The van der Waals surface area contributed by atoms with Gasteiger partial charge in [0.25, 0.3) is 11.8 Å². The molecule has 1 atom stereocenters. The minimum atomic E-state index is -4.31. The predicted molar refractivity (Wildman–Crippen MR) is 72.9 cm³/mol. The highest BCUT2D eigenvalue weighted by molar-refractivity contribution is 7.90. The van der Waals surface area contributed by atoms with E-state index in [0.717, 1.165) is 4.90 Å². The number of amides is 2. The minimum Gasteiger partial charge on any atom is -0.296 e. The van der Waals surface area contributed by atoms with Crippen molar-refractivity contribution in [3.63, 3.8) is 0 Å². The Morgan fingerprint density at radius 3 is 2.05 bits per heavy atom. The second-order valence-electron chi connectivity index (χ2n) is 4.65. The normalized spacial score (nSPS) is 16.0. The van der Waals surface area contributed by atoms with Gasteiger partial charge >= 0.3 is 0 Å². The van der Waals surface area contributed by atoms with Gasteiger partial charge in [0.05, 0.1) is 17.7 Å². The molecule has 21 heavy (non-hydrogen) atoms. The Kier molecular flexibility index (Phi) is 3.93. The summed E-state index contributed by atoms with van der Waals surface area (Å²) in [7, 11) is -4.31. The van der Waals surface area contributed by atoms with E-state index in [9.17, 15) is 22.8 Å². The number of imide groups is 1. The lowest BCUT2D eigenvalue weighted by Crippen LogP contribution is -2.41. The number of hydrogen-bond acceptors (Lipinski definition) is 5. The minimum absolute atomic E-state index is 0.0756. The molecular formula is C13H13N2O5S. The van der Waals surface area contributed by atoms with Crippen molar-refractivity contribution in [2.24, 2.45) is 0 Å². The van der Waals surface area contributed by atoms with Crippen LogP contribution in [0.2, 0.25) is 0 Å². The van der Waals surface area contributed by atoms with Crippen molar-refractivity contribution in [1.29, 1.82) is 0 Å². The van der Waals surface area contributed by atoms with Crippen LogP contribution in [0.25, 0.3) is 0 Å². The second kappa shape index (κ2) is 5.38. The predicted octanol–water partition coefficient (Wildman–Crippen LogP) is 0.243. The van der Waals surface area contributed by atoms with E-state index in [1.54, 1.807) is 12.1 Å². The first kappa shape index (κ1) is 15.3. The summed E-state index contributed by atoms with van der Waals surface area (Å²) in [6.45, 7) is 0.819. The van der Waals surface area contributed by atoms with Gasteiger partial charge in [-0.3, -0.25) is 19.3 Å². The molecule has 0 fully saturated rings. The van der Waals surface area contributed by atoms with Crippen molar-refractivity contribution >= 4 is 27.6 Å². The van der Waals surface area contributed by atoms with Gasteiger partial charge in [-0.2, -0.15) is 0 Å². The number of sulfonamides is 1. The fraction of sp³-hybridized carbons (Fsp3) is 0.308. The van der Waals surface area contributed by atoms with E-state index in [1.165, 1.54) is 19.1 Å². The van der Waals surface area contributed by atoms with Gasteiger partial charge in [-0.25, -0.2) is 8.42 Å². The Bertz CT molecular complexity index is 691. The molecule has 0 bridgehead atoms. The molecule has 1 aromatic carbocycles. The van der Waals surface area contributed by atoms with Crippen LogP contribution in [0.3, 0.4) is 0 Å². The number of hydrogen-bond donors (Lipinski definition) is 0. The van der Waals surface area contributed by atoms with Crippen molar-refractivity contribution in [2.75, 3.05) is 6.54 Å². The van der Waals surface area contributed by atoms with Crippen molar-refractivity contribution < 1.29 is 22.8 Å². The van der Waals surface area contributed by atoms with E-state index in [0.29, 0.717) is 0 Å². The molecule has 0 saturated heterocycles. The molecule has 7 nitrogen and oxygen atoms in total. The molecule has 8 heteroatoms. The number of carbonyl (C=O) groups is 3. The van der Waals surface area contributed by atoms with Gasteiger partial charge in [0.15, 0.2) is 5.78 Å². The molecule has 0 saturated carbocycles. The van der Waals surface area contributed by atoms with Crippen LogP contribution in [0, 0.1) is 0 Å². The number of fused-ring (bicyclic) bond motifs is 1. The third-order valence-corrected chi connectivity index (χ3v) is 4.64. The number of nitrogens with zero attached hydrogens (tertiary/aromatic N) is 1. The molecule has 0 aliphatic carbocycles. The van der Waals surface area contributed by atoms with Crippen LogP contribution < -0.4 is 5.14 Å². The van der Waals surface area contributed by atoms with Crippen LogP contribution in [0.1, 0.15) is 34.1 Å². The van der Waals surface area contributed by atoms with Crippen molar-refractivity contribution in [3.8, 4) is 0 Å². The maximum Gasteiger partial charge on any atom is 0.261 e. The Hall–Kier alpha value is -2.06. The lowest BCUT2D eigenvalue weighted by atomic mass is 10.1. The Morgan fingerprint density at radius 2 is 1.67 bits per heavy atom. The van der Waals surface area contributed by atoms with Gasteiger partial charge in [0, 0.05) is 0 Å². The smallest absolute Gasteiger partial charge is 0.261 e. The summed E-state index contributed by atoms with van der Waals surface area (Å²) in [5, 5.41) is 5.46. The fourth-order valence-corrected chi connectivity index (χ4v) is 3.12. The van der Waals surface area contributed by atoms with E-state index in [2.05, 4.69) is 0 Å². The molecule has 0 spiro atoms. The SMILES string of the molecule is CCC(C(=O)CN1C(=O)c2ccccc2C1=O)S([NH])(=O)=O. The molecule has 1 radical (unpaired) electrons. The monoisotopic (exact) mass is 309 g/mol. The number of Topliss-reactive ketones (excluding diaryl/α,β-unsaturated/α-hetero) is 1. The van der Waals surface area contributed by atoms with Crippen LogP contribution in [0.15, 0.2) is 24.3 Å². The standard InChI is InChI=1S/C13H13N2O5S/c1-2-11(21(14,19)20)10(16)7-15-12(17)8-5-3-4-6-9(8)13(15)18/h3-6,11,14H,2,7H2,1H3. The molecule has 1 N–H and O–H groups in total. The van der Waals surface area contributed by atoms with Crippen LogP contribution in [0.5, 0.6) is 0 Å². The van der Waals surface area contributed by atoms with Crippen LogP contribution in [0.4, 0.5) is 0 Å².